The summed E-state index contributed by atoms with van der Waals surface area (Å²) >= 11 is 2.16. The van der Waals surface area contributed by atoms with Gasteiger partial charge in [0.05, 0.1) is 5.82 Å². The predicted octanol–water partition coefficient (Wildman–Crippen LogP) is -0.379. The largest absolute Gasteiger partial charge is 0.295 e. The first-order valence-electron chi connectivity index (χ1n) is 3.07. The summed E-state index contributed by atoms with van der Waals surface area (Å²) in [5.41, 5.74) is 0. The fourth-order valence-corrected chi connectivity index (χ4v) is 1.55. The first kappa shape index (κ1) is 8.04. The monoisotopic (exact) mass is 246 g/mol. The van der Waals surface area contributed by atoms with Crippen LogP contribution in [0.1, 0.15) is 0 Å². The molecule has 0 atom stereocenters. The fourth-order valence-electron chi connectivity index (χ4n) is 0.930. The normalized spacial score (nSPS) is 18.1. The van der Waals surface area contributed by atoms with E-state index in [9.17, 15) is 9.59 Å². The Kier molecular flexibility index (Phi) is 2.71. The van der Waals surface area contributed by atoms with Gasteiger partial charge in [-0.25, -0.2) is 0 Å². The molecule has 0 aliphatic heterocycles. The molecule has 1 rings (SSSR count). The van der Waals surface area contributed by atoms with Crippen molar-refractivity contribution in [3.63, 3.8) is 0 Å². The van der Waals surface area contributed by atoms with Crippen LogP contribution < -0.4 is 0 Å². The maximum Gasteiger partial charge on any atom is 0.166 e. The van der Waals surface area contributed by atoms with Crippen LogP contribution in [0.5, 0.6) is 0 Å². The lowest BCUT2D eigenvalue weighted by Gasteiger charge is -1.98. The first-order chi connectivity index (χ1) is 4.75. The van der Waals surface area contributed by atoms with Gasteiger partial charge in [0.2, 0.25) is 0 Å². The van der Waals surface area contributed by atoms with Crippen LogP contribution in [-0.4, -0.2) is 23.8 Å². The van der Waals surface area contributed by atoms with Crippen LogP contribution in [0.4, 0.5) is 0 Å². The highest BCUT2D eigenvalue weighted by atomic mass is 127. The third kappa shape index (κ3) is 1.51. The molecule has 0 amide bonds. The van der Waals surface area contributed by atoms with Crippen molar-refractivity contribution in [2.45, 2.75) is 5.82 Å². The molecule has 1 aliphatic rings. The van der Waals surface area contributed by atoms with Gasteiger partial charge in [0.25, 0.3) is 0 Å². The minimum absolute atomic E-state index is 0.0262. The summed E-state index contributed by atoms with van der Waals surface area (Å²) in [5, 5.41) is 0.863. The first-order valence-corrected chi connectivity index (χ1v) is 4.60. The average molecular weight is 246 g/mol. The SMILES string of the molecule is O=C1C=CC(=O)C1BBI. The van der Waals surface area contributed by atoms with Crippen molar-refractivity contribution in [2.24, 2.45) is 0 Å². The Morgan fingerprint density at radius 2 is 1.80 bits per heavy atom. The molecule has 0 aromatic carbocycles. The number of rotatable bonds is 2. The smallest absolute Gasteiger partial charge is 0.166 e. The van der Waals surface area contributed by atoms with Gasteiger partial charge in [-0.1, -0.05) is 0 Å². The van der Waals surface area contributed by atoms with Crippen molar-refractivity contribution in [1.29, 1.82) is 0 Å². The molecule has 0 bridgehead atoms. The molecular weight excluding hydrogens is 241 g/mol. The molecule has 0 aromatic heterocycles. The van der Waals surface area contributed by atoms with E-state index in [4.69, 9.17) is 0 Å². The third-order valence-corrected chi connectivity index (χ3v) is 2.12. The molecule has 0 aromatic rings. The second kappa shape index (κ2) is 3.37. The number of carbonyl (C=O) groups excluding carboxylic acids is 2. The zero-order valence-corrected chi connectivity index (χ0v) is 7.50. The van der Waals surface area contributed by atoms with Crippen molar-refractivity contribution < 1.29 is 9.59 Å². The molecule has 0 saturated heterocycles. The Hall–Kier alpha value is -0.0601. The van der Waals surface area contributed by atoms with Crippen molar-refractivity contribution >= 4 is 46.1 Å². The van der Waals surface area contributed by atoms with Crippen LogP contribution in [0.2, 0.25) is 5.82 Å². The Morgan fingerprint density at radius 1 is 1.30 bits per heavy atom. The van der Waals surface area contributed by atoms with Gasteiger partial charge in [-0.3, -0.25) is 9.59 Å². The van der Waals surface area contributed by atoms with Crippen molar-refractivity contribution in [3.05, 3.63) is 12.2 Å². The summed E-state index contributed by atoms with van der Waals surface area (Å²) in [6.45, 7) is 0. The lowest BCUT2D eigenvalue weighted by atomic mass is 9.46. The topological polar surface area (TPSA) is 34.1 Å². The van der Waals surface area contributed by atoms with Crippen LogP contribution in [0.25, 0.3) is 0 Å². The van der Waals surface area contributed by atoms with Gasteiger partial charge in [-0.2, -0.15) is 22.4 Å². The van der Waals surface area contributed by atoms with Gasteiger partial charge in [0.15, 0.2) is 16.6 Å². The zero-order chi connectivity index (χ0) is 7.56. The van der Waals surface area contributed by atoms with E-state index >= 15 is 0 Å². The molecule has 0 fully saturated rings. The van der Waals surface area contributed by atoms with E-state index in [0.29, 0.717) is 7.17 Å². The molecule has 0 saturated carbocycles. The number of hydrogen-bond donors (Lipinski definition) is 0. The molecule has 0 spiro atoms. The van der Waals surface area contributed by atoms with Gasteiger partial charge in [0.1, 0.15) is 7.17 Å². The minimum atomic E-state index is -0.350. The van der Waals surface area contributed by atoms with E-state index in [-0.39, 0.29) is 17.4 Å². The van der Waals surface area contributed by atoms with Gasteiger partial charge in [-0.15, -0.1) is 0 Å². The van der Waals surface area contributed by atoms with E-state index < -0.39 is 0 Å². The zero-order valence-electron chi connectivity index (χ0n) is 5.34. The fraction of sp³-hybridized carbons (Fsp3) is 0.200. The molecule has 0 heterocycles. The summed E-state index contributed by atoms with van der Waals surface area (Å²) in [5.74, 6) is -0.403. The van der Waals surface area contributed by atoms with Gasteiger partial charge in [-0.05, 0) is 12.2 Å². The maximum atomic E-state index is 10.9. The molecule has 1 aliphatic carbocycles. The van der Waals surface area contributed by atoms with E-state index in [0.717, 1.165) is 5.03 Å². The van der Waals surface area contributed by atoms with Crippen LogP contribution in [-0.2, 0) is 9.59 Å². The summed E-state index contributed by atoms with van der Waals surface area (Å²) in [7, 11) is 0.686. The third-order valence-electron chi connectivity index (χ3n) is 1.50. The number of carbonyl (C=O) groups is 2. The second-order valence-corrected chi connectivity index (χ2v) is 3.25. The highest BCUT2D eigenvalue weighted by Gasteiger charge is 2.27. The van der Waals surface area contributed by atoms with Crippen LogP contribution in [0, 0.1) is 0 Å². The van der Waals surface area contributed by atoms with Gasteiger partial charge < -0.3 is 0 Å². The van der Waals surface area contributed by atoms with Gasteiger partial charge in [0, 0.05) is 0 Å². The molecular formula is C5H5B2IO2. The van der Waals surface area contributed by atoms with E-state index in [1.54, 1.807) is 0 Å². The number of hydrogen-bond acceptors (Lipinski definition) is 2. The summed E-state index contributed by atoms with van der Waals surface area (Å²) in [6, 6.07) is 0. The summed E-state index contributed by atoms with van der Waals surface area (Å²) in [4.78, 5) is 21.7. The van der Waals surface area contributed by atoms with E-state index in [2.05, 4.69) is 22.4 Å². The Balaban J connectivity index is 2.60. The minimum Gasteiger partial charge on any atom is -0.295 e. The van der Waals surface area contributed by atoms with Gasteiger partial charge >= 0.3 is 0 Å². The number of halogens is 1. The predicted molar refractivity (Wildman–Crippen MR) is 51.2 cm³/mol. The average Bonchev–Trinajstić information content (AvgIpc) is 2.20. The highest BCUT2D eigenvalue weighted by molar-refractivity contribution is 14.1. The molecule has 5 heteroatoms. The molecule has 2 nitrogen and oxygen atoms in total. The van der Waals surface area contributed by atoms with Crippen molar-refractivity contribution in [1.82, 2.24) is 0 Å². The number of allylic oxidation sites excluding steroid dienone is 2. The quantitative estimate of drug-likeness (QED) is 0.378. The molecule has 50 valence electrons. The molecule has 0 radical (unpaired) electrons. The Labute approximate surface area is 73.8 Å². The Morgan fingerprint density at radius 3 is 2.20 bits per heavy atom. The van der Waals surface area contributed by atoms with Crippen LogP contribution in [0.3, 0.4) is 0 Å². The second-order valence-electron chi connectivity index (χ2n) is 2.17. The summed E-state index contributed by atoms with van der Waals surface area (Å²) < 4.78 is 0. The Bertz CT molecular complexity index is 184. The van der Waals surface area contributed by atoms with Crippen LogP contribution >= 0.6 is 22.4 Å². The standard InChI is InChI=1S/C5H5B2IO2/c8-7-6-5-3(9)1-2-4(5)10/h1-2,5-7H. The molecule has 0 unspecified atom stereocenters. The summed E-state index contributed by atoms with van der Waals surface area (Å²) in [6.07, 6.45) is 2.75. The lowest BCUT2D eigenvalue weighted by Crippen LogP contribution is -2.18. The van der Waals surface area contributed by atoms with Crippen molar-refractivity contribution in [3.8, 4) is 0 Å². The lowest BCUT2D eigenvalue weighted by molar-refractivity contribution is -0.120. The highest BCUT2D eigenvalue weighted by Crippen LogP contribution is 2.15. The van der Waals surface area contributed by atoms with Crippen molar-refractivity contribution in [2.75, 3.05) is 0 Å². The van der Waals surface area contributed by atoms with Crippen LogP contribution in [0.15, 0.2) is 12.2 Å². The maximum absolute atomic E-state index is 10.9. The van der Waals surface area contributed by atoms with E-state index in [1.165, 1.54) is 12.2 Å². The molecule has 0 N–H and O–H groups in total. The molecule has 10 heavy (non-hydrogen) atoms. The number of ketones is 2. The van der Waals surface area contributed by atoms with E-state index in [1.807, 2.05) is 0 Å².